The number of carbonyl (C=O) groups is 2. The summed E-state index contributed by atoms with van der Waals surface area (Å²) >= 11 is 0. The second kappa shape index (κ2) is 8.53. The number of hydrogen-bond acceptors (Lipinski definition) is 6. The van der Waals surface area contributed by atoms with Crippen LogP contribution in [0.1, 0.15) is 20.7 Å². The van der Waals surface area contributed by atoms with Crippen LogP contribution in [0.2, 0.25) is 0 Å². The fraction of sp³-hybridized carbons (Fsp3) is 0. The minimum Gasteiger partial charge on any atom is -0.322 e. The third kappa shape index (κ3) is 4.86. The molecule has 0 atom stereocenters. The molecule has 0 aliphatic heterocycles. The summed E-state index contributed by atoms with van der Waals surface area (Å²) in [5.41, 5.74) is 1.79. The minimum absolute atomic E-state index is 0.0984. The topological polar surface area (TPSA) is 131 Å². The van der Waals surface area contributed by atoms with Crippen molar-refractivity contribution in [2.24, 2.45) is 5.18 Å². The molecular formula is C20H14N4O5. The molecule has 2 amide bonds. The highest BCUT2D eigenvalue weighted by molar-refractivity contribution is 6.05. The van der Waals surface area contributed by atoms with E-state index in [2.05, 4.69) is 15.8 Å². The molecule has 0 unspecified atom stereocenters. The van der Waals surface area contributed by atoms with Crippen molar-refractivity contribution in [1.29, 1.82) is 0 Å². The van der Waals surface area contributed by atoms with Crippen molar-refractivity contribution in [3.63, 3.8) is 0 Å². The number of hydrogen-bond donors (Lipinski definition) is 2. The highest BCUT2D eigenvalue weighted by Gasteiger charge is 2.10. The zero-order valence-electron chi connectivity index (χ0n) is 14.9. The maximum absolute atomic E-state index is 12.2. The van der Waals surface area contributed by atoms with Crippen LogP contribution in [0.4, 0.5) is 22.7 Å². The summed E-state index contributed by atoms with van der Waals surface area (Å²) in [4.78, 5) is 44.9. The van der Waals surface area contributed by atoms with Crippen LogP contribution in [0.3, 0.4) is 0 Å². The van der Waals surface area contributed by atoms with Gasteiger partial charge in [-0.15, -0.1) is 4.91 Å². The Labute approximate surface area is 164 Å². The fourth-order valence-electron chi connectivity index (χ4n) is 2.45. The highest BCUT2D eigenvalue weighted by Crippen LogP contribution is 2.18. The predicted octanol–water partition coefficient (Wildman–Crippen LogP) is 4.50. The third-order valence-corrected chi connectivity index (χ3v) is 3.98. The first kappa shape index (κ1) is 19.4. The average Bonchev–Trinajstić information content (AvgIpc) is 2.75. The van der Waals surface area contributed by atoms with Gasteiger partial charge in [0.25, 0.3) is 17.5 Å². The van der Waals surface area contributed by atoms with Gasteiger partial charge in [-0.05, 0) is 65.8 Å². The summed E-state index contributed by atoms with van der Waals surface area (Å²) in [5, 5.41) is 18.8. The highest BCUT2D eigenvalue weighted by atomic mass is 16.6. The molecule has 3 aromatic carbocycles. The van der Waals surface area contributed by atoms with Crippen LogP contribution in [0.25, 0.3) is 0 Å². The van der Waals surface area contributed by atoms with Crippen LogP contribution < -0.4 is 10.6 Å². The molecule has 0 spiro atoms. The van der Waals surface area contributed by atoms with Gasteiger partial charge < -0.3 is 10.6 Å². The molecule has 0 radical (unpaired) electrons. The molecule has 0 heterocycles. The Morgan fingerprint density at radius 2 is 1.14 bits per heavy atom. The Hall–Kier alpha value is -4.40. The number of anilines is 2. The lowest BCUT2D eigenvalue weighted by atomic mass is 10.1. The molecular weight excluding hydrogens is 376 g/mol. The van der Waals surface area contributed by atoms with Crippen LogP contribution in [0.5, 0.6) is 0 Å². The SMILES string of the molecule is O=Nc1ccc(C(=O)Nc2ccc(NC(=O)c3ccc([N+](=O)[O-])cc3)cc2)cc1. The Morgan fingerprint density at radius 3 is 1.52 bits per heavy atom. The number of amides is 2. The van der Waals surface area contributed by atoms with Crippen molar-refractivity contribution in [2.45, 2.75) is 0 Å². The quantitative estimate of drug-likeness (QED) is 0.363. The van der Waals surface area contributed by atoms with Crippen molar-refractivity contribution < 1.29 is 14.5 Å². The molecule has 9 heteroatoms. The molecule has 2 N–H and O–H groups in total. The first-order valence-electron chi connectivity index (χ1n) is 8.37. The summed E-state index contributed by atoms with van der Waals surface area (Å²) < 4.78 is 0. The normalized spacial score (nSPS) is 10.1. The molecule has 144 valence electrons. The number of nitro groups is 1. The molecule has 3 rings (SSSR count). The van der Waals surface area contributed by atoms with Gasteiger partial charge in [0.05, 0.1) is 4.92 Å². The zero-order valence-corrected chi connectivity index (χ0v) is 14.9. The number of nitrogens with zero attached hydrogens (tertiary/aromatic N) is 2. The number of nitroso groups, excluding NO2 is 1. The van der Waals surface area contributed by atoms with Crippen LogP contribution in [-0.4, -0.2) is 16.7 Å². The van der Waals surface area contributed by atoms with Gasteiger partial charge in [0, 0.05) is 34.6 Å². The zero-order chi connectivity index (χ0) is 20.8. The lowest BCUT2D eigenvalue weighted by Crippen LogP contribution is -2.13. The van der Waals surface area contributed by atoms with Gasteiger partial charge in [-0.25, -0.2) is 0 Å². The van der Waals surface area contributed by atoms with Crippen LogP contribution in [0.15, 0.2) is 78.0 Å². The van der Waals surface area contributed by atoms with Crippen molar-refractivity contribution in [1.82, 2.24) is 0 Å². The predicted molar refractivity (Wildman–Crippen MR) is 107 cm³/mol. The van der Waals surface area contributed by atoms with Gasteiger partial charge >= 0.3 is 0 Å². The standard InChI is InChI=1S/C20H14N4O5/c25-19(13-1-5-17(23-27)6-2-13)21-15-7-9-16(10-8-15)22-20(26)14-3-11-18(12-4-14)24(28)29/h1-12H,(H,21,25)(H,22,26). The van der Waals surface area contributed by atoms with Crippen molar-refractivity contribution in [3.8, 4) is 0 Å². The maximum atomic E-state index is 12.2. The first-order chi connectivity index (χ1) is 14.0. The largest absolute Gasteiger partial charge is 0.322 e. The van der Waals surface area contributed by atoms with E-state index in [1.54, 1.807) is 24.3 Å². The second-order valence-corrected chi connectivity index (χ2v) is 5.93. The number of nitro benzene ring substituents is 1. The molecule has 9 nitrogen and oxygen atoms in total. The number of benzene rings is 3. The summed E-state index contributed by atoms with van der Waals surface area (Å²) in [6.45, 7) is 0. The van der Waals surface area contributed by atoms with E-state index in [9.17, 15) is 24.6 Å². The summed E-state index contributed by atoms with van der Waals surface area (Å²) in [5.74, 6) is -0.773. The molecule has 29 heavy (non-hydrogen) atoms. The Bertz CT molecular complexity index is 1060. The van der Waals surface area contributed by atoms with Gasteiger partial charge in [0.1, 0.15) is 5.69 Å². The smallest absolute Gasteiger partial charge is 0.269 e. The molecule has 0 fully saturated rings. The van der Waals surface area contributed by atoms with Gasteiger partial charge in [-0.3, -0.25) is 19.7 Å². The maximum Gasteiger partial charge on any atom is 0.269 e. The van der Waals surface area contributed by atoms with E-state index < -0.39 is 10.8 Å². The number of rotatable bonds is 6. The minimum atomic E-state index is -0.539. The van der Waals surface area contributed by atoms with E-state index in [-0.39, 0.29) is 22.8 Å². The average molecular weight is 390 g/mol. The lowest BCUT2D eigenvalue weighted by Gasteiger charge is -2.08. The van der Waals surface area contributed by atoms with E-state index in [4.69, 9.17) is 0 Å². The van der Waals surface area contributed by atoms with E-state index >= 15 is 0 Å². The monoisotopic (exact) mass is 390 g/mol. The van der Waals surface area contributed by atoms with Gasteiger partial charge in [-0.1, -0.05) is 0 Å². The van der Waals surface area contributed by atoms with E-state index in [1.165, 1.54) is 48.5 Å². The Morgan fingerprint density at radius 1 is 0.724 bits per heavy atom. The summed E-state index contributed by atoms with van der Waals surface area (Å²) in [6, 6.07) is 17.6. The van der Waals surface area contributed by atoms with Gasteiger partial charge in [0.2, 0.25) is 0 Å². The molecule has 0 bridgehead atoms. The number of non-ortho nitro benzene ring substituents is 1. The van der Waals surface area contributed by atoms with Crippen molar-refractivity contribution >= 4 is 34.6 Å². The van der Waals surface area contributed by atoms with E-state index in [0.29, 0.717) is 16.9 Å². The van der Waals surface area contributed by atoms with E-state index in [0.717, 1.165) is 0 Å². The lowest BCUT2D eigenvalue weighted by molar-refractivity contribution is -0.384. The molecule has 0 saturated heterocycles. The second-order valence-electron chi connectivity index (χ2n) is 5.93. The Kier molecular flexibility index (Phi) is 5.69. The third-order valence-electron chi connectivity index (χ3n) is 3.98. The molecule has 0 aliphatic rings. The van der Waals surface area contributed by atoms with Crippen LogP contribution >= 0.6 is 0 Å². The first-order valence-corrected chi connectivity index (χ1v) is 8.37. The number of nitrogens with one attached hydrogen (secondary N) is 2. The molecule has 0 saturated carbocycles. The molecule has 0 aromatic heterocycles. The Balaban J connectivity index is 1.61. The van der Waals surface area contributed by atoms with Crippen molar-refractivity contribution in [3.05, 3.63) is 98.9 Å². The van der Waals surface area contributed by atoms with Crippen LogP contribution in [-0.2, 0) is 0 Å². The summed E-state index contributed by atoms with van der Waals surface area (Å²) in [7, 11) is 0. The number of carbonyl (C=O) groups excluding carboxylic acids is 2. The molecule has 0 aliphatic carbocycles. The fourth-order valence-corrected chi connectivity index (χ4v) is 2.45. The van der Waals surface area contributed by atoms with Gasteiger partial charge in [-0.2, -0.15) is 0 Å². The summed E-state index contributed by atoms with van der Waals surface area (Å²) in [6.07, 6.45) is 0. The van der Waals surface area contributed by atoms with Gasteiger partial charge in [0.15, 0.2) is 0 Å². The molecule has 3 aromatic rings. The van der Waals surface area contributed by atoms with E-state index in [1.807, 2.05) is 0 Å². The van der Waals surface area contributed by atoms with Crippen molar-refractivity contribution in [2.75, 3.05) is 10.6 Å². The van der Waals surface area contributed by atoms with Crippen LogP contribution in [0, 0.1) is 15.0 Å².